The van der Waals surface area contributed by atoms with Crippen molar-refractivity contribution < 1.29 is 0 Å². The van der Waals surface area contributed by atoms with Gasteiger partial charge in [-0.15, -0.1) is 0 Å². The molecule has 0 amide bonds. The monoisotopic (exact) mass is 283 g/mol. The summed E-state index contributed by atoms with van der Waals surface area (Å²) in [5, 5.41) is 11.2. The second kappa shape index (κ2) is 6.43. The normalized spacial score (nSPS) is 13.9. The van der Waals surface area contributed by atoms with E-state index in [1.807, 2.05) is 6.20 Å². The summed E-state index contributed by atoms with van der Waals surface area (Å²) in [5.41, 5.74) is 3.45. The largest absolute Gasteiger partial charge is 0.377 e. The first kappa shape index (κ1) is 13.7. The van der Waals surface area contributed by atoms with E-state index in [1.165, 1.54) is 5.56 Å². The molecule has 2 heterocycles. The summed E-state index contributed by atoms with van der Waals surface area (Å²) in [7, 11) is 0. The number of nitrogens with one attached hydrogen (secondary N) is 2. The van der Waals surface area contributed by atoms with Crippen LogP contribution in [0.2, 0.25) is 0 Å². The van der Waals surface area contributed by atoms with Crippen molar-refractivity contribution in [1.82, 2.24) is 15.1 Å². The number of hydrogen-bond donors (Lipinski definition) is 2. The number of aromatic nitrogens is 2. The molecular weight excluding hydrogens is 262 g/mol. The van der Waals surface area contributed by atoms with Gasteiger partial charge in [0.15, 0.2) is 0 Å². The first-order chi connectivity index (χ1) is 10.4. The lowest BCUT2D eigenvalue weighted by atomic mass is 10.1. The predicted octanol–water partition coefficient (Wildman–Crippen LogP) is 2.37. The highest BCUT2D eigenvalue weighted by molar-refractivity contribution is 5.89. The Morgan fingerprint density at radius 3 is 3.00 bits per heavy atom. The van der Waals surface area contributed by atoms with E-state index in [4.69, 9.17) is 0 Å². The van der Waals surface area contributed by atoms with E-state index in [9.17, 15) is 0 Å². The molecule has 21 heavy (non-hydrogen) atoms. The van der Waals surface area contributed by atoms with Crippen molar-refractivity contribution in [1.29, 1.82) is 0 Å². The molecule has 0 fully saturated rings. The van der Waals surface area contributed by atoms with Crippen LogP contribution in [0.25, 0.3) is 11.3 Å². The third-order valence-electron chi connectivity index (χ3n) is 3.54. The van der Waals surface area contributed by atoms with Gasteiger partial charge in [0.25, 0.3) is 0 Å². The smallest absolute Gasteiger partial charge is 0.116 e. The minimum atomic E-state index is 0.735. The number of para-hydroxylation sites is 1. The molecule has 0 aliphatic carbocycles. The standard InChI is InChI=1S/C16H21N5/c1-2-11-21-15(7-8-20-21)13-5-3-4-6-14(13)19-12-16-17-9-10-18-16/h3-8,19H,2,9-12H2,1H3,(H,17,18). The molecule has 1 aromatic carbocycles. The van der Waals surface area contributed by atoms with Gasteiger partial charge >= 0.3 is 0 Å². The third kappa shape index (κ3) is 3.07. The molecule has 2 aromatic rings. The maximum atomic E-state index is 4.42. The maximum absolute atomic E-state index is 4.42. The molecular formula is C16H21N5. The predicted molar refractivity (Wildman–Crippen MR) is 86.7 cm³/mol. The number of nitrogens with zero attached hydrogens (tertiary/aromatic N) is 3. The van der Waals surface area contributed by atoms with E-state index < -0.39 is 0 Å². The molecule has 5 heteroatoms. The van der Waals surface area contributed by atoms with Crippen LogP contribution in [0.5, 0.6) is 0 Å². The second-order valence-corrected chi connectivity index (χ2v) is 5.09. The van der Waals surface area contributed by atoms with Gasteiger partial charge in [-0.05, 0) is 18.6 Å². The molecule has 0 atom stereocenters. The van der Waals surface area contributed by atoms with E-state index in [-0.39, 0.29) is 0 Å². The molecule has 0 bridgehead atoms. The molecule has 0 unspecified atom stereocenters. The highest BCUT2D eigenvalue weighted by atomic mass is 15.3. The molecule has 0 saturated carbocycles. The third-order valence-corrected chi connectivity index (χ3v) is 3.54. The zero-order chi connectivity index (χ0) is 14.5. The molecule has 2 N–H and O–H groups in total. The zero-order valence-corrected chi connectivity index (χ0v) is 12.3. The van der Waals surface area contributed by atoms with Crippen molar-refractivity contribution in [3.8, 4) is 11.3 Å². The molecule has 1 aromatic heterocycles. The Morgan fingerprint density at radius 1 is 1.29 bits per heavy atom. The highest BCUT2D eigenvalue weighted by Gasteiger charge is 2.11. The van der Waals surface area contributed by atoms with Crippen molar-refractivity contribution in [3.05, 3.63) is 36.5 Å². The Bertz CT molecular complexity index is 629. The number of rotatable bonds is 6. The van der Waals surface area contributed by atoms with E-state index in [0.717, 1.165) is 49.8 Å². The first-order valence-electron chi connectivity index (χ1n) is 7.50. The fourth-order valence-corrected chi connectivity index (χ4v) is 2.56. The highest BCUT2D eigenvalue weighted by Crippen LogP contribution is 2.27. The molecule has 0 saturated heterocycles. The molecule has 1 aliphatic heterocycles. The number of aryl methyl sites for hydroxylation is 1. The minimum Gasteiger partial charge on any atom is -0.377 e. The molecule has 0 radical (unpaired) electrons. The van der Waals surface area contributed by atoms with E-state index in [0.29, 0.717) is 0 Å². The first-order valence-corrected chi connectivity index (χ1v) is 7.50. The lowest BCUT2D eigenvalue weighted by molar-refractivity contribution is 0.609. The summed E-state index contributed by atoms with van der Waals surface area (Å²) in [6.45, 7) is 5.66. The van der Waals surface area contributed by atoms with Gasteiger partial charge in [0, 0.05) is 30.5 Å². The quantitative estimate of drug-likeness (QED) is 0.856. The van der Waals surface area contributed by atoms with Gasteiger partial charge < -0.3 is 10.6 Å². The van der Waals surface area contributed by atoms with Crippen LogP contribution in [0.15, 0.2) is 41.5 Å². The number of hydrogen-bond acceptors (Lipinski definition) is 4. The maximum Gasteiger partial charge on any atom is 0.116 e. The molecule has 3 rings (SSSR count). The fourth-order valence-electron chi connectivity index (χ4n) is 2.56. The molecule has 1 aliphatic rings. The number of amidine groups is 1. The molecule has 0 spiro atoms. The number of anilines is 1. The Kier molecular flexibility index (Phi) is 4.19. The van der Waals surface area contributed by atoms with Crippen LogP contribution in [-0.4, -0.2) is 35.3 Å². The van der Waals surface area contributed by atoms with Gasteiger partial charge in [0.05, 0.1) is 18.8 Å². The fraction of sp³-hybridized carbons (Fsp3) is 0.375. The molecule has 110 valence electrons. The zero-order valence-electron chi connectivity index (χ0n) is 12.3. The Balaban J connectivity index is 1.83. The average molecular weight is 283 g/mol. The van der Waals surface area contributed by atoms with Gasteiger partial charge in [-0.3, -0.25) is 9.67 Å². The van der Waals surface area contributed by atoms with E-state index >= 15 is 0 Å². The Hall–Kier alpha value is -2.30. The van der Waals surface area contributed by atoms with Crippen LogP contribution in [-0.2, 0) is 6.54 Å². The Morgan fingerprint density at radius 2 is 2.19 bits per heavy atom. The Labute approximate surface area is 125 Å². The summed E-state index contributed by atoms with van der Waals surface area (Å²) < 4.78 is 2.06. The lowest BCUT2D eigenvalue weighted by Crippen LogP contribution is -2.26. The van der Waals surface area contributed by atoms with Crippen molar-refractivity contribution in [2.24, 2.45) is 4.99 Å². The van der Waals surface area contributed by atoms with Crippen LogP contribution in [0.4, 0.5) is 5.69 Å². The van der Waals surface area contributed by atoms with Gasteiger partial charge in [0.2, 0.25) is 0 Å². The van der Waals surface area contributed by atoms with Gasteiger partial charge in [0.1, 0.15) is 5.84 Å². The topological polar surface area (TPSA) is 54.2 Å². The molecule has 5 nitrogen and oxygen atoms in total. The van der Waals surface area contributed by atoms with Crippen LogP contribution in [0, 0.1) is 0 Å². The van der Waals surface area contributed by atoms with E-state index in [1.54, 1.807) is 0 Å². The van der Waals surface area contributed by atoms with Crippen LogP contribution < -0.4 is 10.6 Å². The van der Waals surface area contributed by atoms with Crippen molar-refractivity contribution in [2.45, 2.75) is 19.9 Å². The summed E-state index contributed by atoms with van der Waals surface area (Å²) in [6, 6.07) is 10.4. The summed E-state index contributed by atoms with van der Waals surface area (Å²) in [4.78, 5) is 4.42. The van der Waals surface area contributed by atoms with Crippen LogP contribution >= 0.6 is 0 Å². The van der Waals surface area contributed by atoms with Crippen LogP contribution in [0.3, 0.4) is 0 Å². The summed E-state index contributed by atoms with van der Waals surface area (Å²) in [6.07, 6.45) is 2.94. The van der Waals surface area contributed by atoms with E-state index in [2.05, 4.69) is 62.7 Å². The van der Waals surface area contributed by atoms with Crippen molar-refractivity contribution in [3.63, 3.8) is 0 Å². The van der Waals surface area contributed by atoms with Gasteiger partial charge in [-0.1, -0.05) is 25.1 Å². The van der Waals surface area contributed by atoms with Crippen LogP contribution in [0.1, 0.15) is 13.3 Å². The van der Waals surface area contributed by atoms with Crippen molar-refractivity contribution in [2.75, 3.05) is 25.0 Å². The average Bonchev–Trinajstić information content (AvgIpc) is 3.17. The van der Waals surface area contributed by atoms with Gasteiger partial charge in [-0.25, -0.2) is 0 Å². The minimum absolute atomic E-state index is 0.735. The SMILES string of the molecule is CCCn1nccc1-c1ccccc1NCC1=NCCN1. The van der Waals surface area contributed by atoms with Gasteiger partial charge in [-0.2, -0.15) is 5.10 Å². The number of aliphatic imine (C=N–C) groups is 1. The number of benzene rings is 1. The second-order valence-electron chi connectivity index (χ2n) is 5.09. The summed E-state index contributed by atoms with van der Waals surface area (Å²) >= 11 is 0. The lowest BCUT2D eigenvalue weighted by Gasteiger charge is -2.13. The summed E-state index contributed by atoms with van der Waals surface area (Å²) in [5.74, 6) is 1.03. The van der Waals surface area contributed by atoms with Crippen molar-refractivity contribution >= 4 is 11.5 Å².